The standard InChI is InChI=1S/C10H12N2/c11-9-5-7-3-1-2-4-8(7)6-10(9)12/h1-6,9-10H,11-12H2. The summed E-state index contributed by atoms with van der Waals surface area (Å²) in [6.45, 7) is 0. The van der Waals surface area contributed by atoms with Crippen LogP contribution >= 0.6 is 0 Å². The van der Waals surface area contributed by atoms with E-state index in [9.17, 15) is 0 Å². The zero-order valence-corrected chi connectivity index (χ0v) is 6.77. The van der Waals surface area contributed by atoms with Crippen LogP contribution in [0.5, 0.6) is 0 Å². The van der Waals surface area contributed by atoms with Crippen molar-refractivity contribution in [2.24, 2.45) is 11.5 Å². The second-order valence-electron chi connectivity index (χ2n) is 3.12. The molecule has 0 amide bonds. The number of hydrogen-bond acceptors (Lipinski definition) is 2. The molecule has 4 N–H and O–H groups in total. The van der Waals surface area contributed by atoms with Crippen LogP contribution in [0.4, 0.5) is 0 Å². The molecule has 0 fully saturated rings. The maximum absolute atomic E-state index is 5.78. The monoisotopic (exact) mass is 160 g/mol. The van der Waals surface area contributed by atoms with Crippen molar-refractivity contribution in [1.82, 2.24) is 0 Å². The topological polar surface area (TPSA) is 52.0 Å². The Balaban J connectivity index is 2.70. The lowest BCUT2D eigenvalue weighted by Crippen LogP contribution is -2.46. The van der Waals surface area contributed by atoms with Crippen molar-refractivity contribution in [2.75, 3.05) is 0 Å². The van der Waals surface area contributed by atoms with Crippen LogP contribution < -0.4 is 21.9 Å². The third-order valence-electron chi connectivity index (χ3n) is 2.18. The van der Waals surface area contributed by atoms with Crippen LogP contribution in [-0.2, 0) is 0 Å². The van der Waals surface area contributed by atoms with E-state index in [1.54, 1.807) is 0 Å². The largest absolute Gasteiger partial charge is 0.323 e. The summed E-state index contributed by atoms with van der Waals surface area (Å²) in [5.41, 5.74) is 11.6. The zero-order valence-electron chi connectivity index (χ0n) is 6.77. The van der Waals surface area contributed by atoms with Crippen molar-refractivity contribution in [2.45, 2.75) is 12.1 Å². The summed E-state index contributed by atoms with van der Waals surface area (Å²) < 4.78 is 0. The molecule has 0 spiro atoms. The molecule has 1 aromatic rings. The smallest absolute Gasteiger partial charge is 0.0423 e. The minimum Gasteiger partial charge on any atom is -0.323 e. The van der Waals surface area contributed by atoms with E-state index in [-0.39, 0.29) is 12.1 Å². The molecule has 2 unspecified atom stereocenters. The molecule has 62 valence electrons. The Hall–Kier alpha value is -1.12. The van der Waals surface area contributed by atoms with Crippen LogP contribution in [0.2, 0.25) is 0 Å². The number of benzene rings is 1. The van der Waals surface area contributed by atoms with Gasteiger partial charge in [-0.2, -0.15) is 0 Å². The fraction of sp³-hybridized carbons (Fsp3) is 0.200. The summed E-state index contributed by atoms with van der Waals surface area (Å²) in [5, 5.41) is 2.37. The van der Waals surface area contributed by atoms with Crippen LogP contribution in [0.25, 0.3) is 12.2 Å². The SMILES string of the molecule is NC1C=c2ccccc2=CC1N. The van der Waals surface area contributed by atoms with Gasteiger partial charge < -0.3 is 11.5 Å². The molecule has 0 aromatic heterocycles. The van der Waals surface area contributed by atoms with Gasteiger partial charge in [0.05, 0.1) is 0 Å². The molecule has 1 aliphatic carbocycles. The fourth-order valence-electron chi connectivity index (χ4n) is 1.45. The lowest BCUT2D eigenvalue weighted by molar-refractivity contribution is 0.753. The van der Waals surface area contributed by atoms with Crippen molar-refractivity contribution in [1.29, 1.82) is 0 Å². The van der Waals surface area contributed by atoms with Gasteiger partial charge in [-0.05, 0) is 10.4 Å². The summed E-state index contributed by atoms with van der Waals surface area (Å²) in [4.78, 5) is 0. The molecule has 0 saturated heterocycles. The predicted octanol–water partition coefficient (Wildman–Crippen LogP) is -1.08. The minimum atomic E-state index is -0.0418. The van der Waals surface area contributed by atoms with Gasteiger partial charge in [-0.25, -0.2) is 0 Å². The molecule has 2 atom stereocenters. The fourth-order valence-corrected chi connectivity index (χ4v) is 1.45. The van der Waals surface area contributed by atoms with Crippen LogP contribution in [0.3, 0.4) is 0 Å². The van der Waals surface area contributed by atoms with E-state index in [1.165, 1.54) is 10.4 Å². The van der Waals surface area contributed by atoms with Crippen LogP contribution in [0, 0.1) is 0 Å². The highest BCUT2D eigenvalue weighted by atomic mass is 14.8. The normalized spacial score (nSPS) is 26.8. The molecule has 0 radical (unpaired) electrons. The maximum Gasteiger partial charge on any atom is 0.0423 e. The highest BCUT2D eigenvalue weighted by molar-refractivity contribution is 5.47. The molecule has 2 nitrogen and oxygen atoms in total. The lowest BCUT2D eigenvalue weighted by Gasteiger charge is -2.15. The molecule has 1 aromatic carbocycles. The predicted molar refractivity (Wildman–Crippen MR) is 50.6 cm³/mol. The van der Waals surface area contributed by atoms with E-state index in [2.05, 4.69) is 12.1 Å². The van der Waals surface area contributed by atoms with Crippen molar-refractivity contribution in [3.63, 3.8) is 0 Å². The number of nitrogens with two attached hydrogens (primary N) is 2. The summed E-state index contributed by atoms with van der Waals surface area (Å²) in [5.74, 6) is 0. The van der Waals surface area contributed by atoms with Gasteiger partial charge in [0, 0.05) is 12.1 Å². The van der Waals surface area contributed by atoms with E-state index in [1.807, 2.05) is 24.3 Å². The highest BCUT2D eigenvalue weighted by Crippen LogP contribution is 1.93. The van der Waals surface area contributed by atoms with E-state index in [0.717, 1.165) is 0 Å². The third-order valence-corrected chi connectivity index (χ3v) is 2.18. The van der Waals surface area contributed by atoms with E-state index in [4.69, 9.17) is 11.5 Å². The Morgan fingerprint density at radius 2 is 1.25 bits per heavy atom. The molecule has 1 aliphatic rings. The van der Waals surface area contributed by atoms with E-state index < -0.39 is 0 Å². The van der Waals surface area contributed by atoms with Crippen LogP contribution in [-0.4, -0.2) is 12.1 Å². The Morgan fingerprint density at radius 1 is 0.833 bits per heavy atom. The highest BCUT2D eigenvalue weighted by Gasteiger charge is 2.09. The molecule has 2 rings (SSSR count). The summed E-state index contributed by atoms with van der Waals surface area (Å²) in [6.07, 6.45) is 4.03. The van der Waals surface area contributed by atoms with Crippen molar-refractivity contribution >= 4 is 12.2 Å². The van der Waals surface area contributed by atoms with Crippen molar-refractivity contribution < 1.29 is 0 Å². The first-order valence-corrected chi connectivity index (χ1v) is 4.07. The Morgan fingerprint density at radius 3 is 1.67 bits per heavy atom. The first-order chi connectivity index (χ1) is 5.77. The Labute approximate surface area is 71.2 Å². The van der Waals surface area contributed by atoms with E-state index in [0.29, 0.717) is 0 Å². The molecule has 0 aliphatic heterocycles. The van der Waals surface area contributed by atoms with Crippen molar-refractivity contribution in [3.05, 3.63) is 34.7 Å². The molecular weight excluding hydrogens is 148 g/mol. The Bertz CT molecular complexity index is 356. The summed E-state index contributed by atoms with van der Waals surface area (Å²) in [7, 11) is 0. The summed E-state index contributed by atoms with van der Waals surface area (Å²) in [6, 6.07) is 8.04. The first-order valence-electron chi connectivity index (χ1n) is 4.07. The lowest BCUT2D eigenvalue weighted by atomic mass is 10.0. The van der Waals surface area contributed by atoms with Crippen LogP contribution in [0.1, 0.15) is 0 Å². The first kappa shape index (κ1) is 7.53. The third kappa shape index (κ3) is 1.15. The quantitative estimate of drug-likeness (QED) is 0.507. The molecule has 2 heteroatoms. The van der Waals surface area contributed by atoms with Gasteiger partial charge in [0.1, 0.15) is 0 Å². The molecule has 12 heavy (non-hydrogen) atoms. The molecule has 0 heterocycles. The minimum absolute atomic E-state index is 0.0418. The second-order valence-corrected chi connectivity index (χ2v) is 3.12. The Kier molecular flexibility index (Phi) is 1.71. The van der Waals surface area contributed by atoms with E-state index >= 15 is 0 Å². The average Bonchev–Trinajstić information content (AvgIpc) is 2.07. The molecular formula is C10H12N2. The van der Waals surface area contributed by atoms with Gasteiger partial charge in [0.2, 0.25) is 0 Å². The van der Waals surface area contributed by atoms with Gasteiger partial charge >= 0.3 is 0 Å². The second kappa shape index (κ2) is 2.73. The maximum atomic E-state index is 5.78. The summed E-state index contributed by atoms with van der Waals surface area (Å²) >= 11 is 0. The van der Waals surface area contributed by atoms with Gasteiger partial charge in [0.15, 0.2) is 0 Å². The molecule has 0 bridgehead atoms. The van der Waals surface area contributed by atoms with Crippen molar-refractivity contribution in [3.8, 4) is 0 Å². The number of fused-ring (bicyclic) bond motifs is 1. The van der Waals surface area contributed by atoms with Crippen LogP contribution in [0.15, 0.2) is 24.3 Å². The van der Waals surface area contributed by atoms with Gasteiger partial charge in [-0.3, -0.25) is 0 Å². The van der Waals surface area contributed by atoms with Gasteiger partial charge in [-0.15, -0.1) is 0 Å². The van der Waals surface area contributed by atoms with Gasteiger partial charge in [-0.1, -0.05) is 36.4 Å². The number of hydrogen-bond donors (Lipinski definition) is 2. The number of rotatable bonds is 0. The van der Waals surface area contributed by atoms with Gasteiger partial charge in [0.25, 0.3) is 0 Å². The molecule has 0 saturated carbocycles. The average molecular weight is 160 g/mol. The zero-order chi connectivity index (χ0) is 8.55.